The van der Waals surface area contributed by atoms with Crippen molar-refractivity contribution in [1.82, 2.24) is 10.6 Å². The number of ether oxygens (including phenoxy) is 1. The smallest absolute Gasteiger partial charge is 0.238 e. The van der Waals surface area contributed by atoms with Gasteiger partial charge in [0.05, 0.1) is 6.04 Å². The van der Waals surface area contributed by atoms with Crippen LogP contribution in [0.4, 0.5) is 0 Å². The number of hydrogen-bond donors (Lipinski definition) is 2. The lowest BCUT2D eigenvalue weighted by molar-refractivity contribution is -0.122. The molecule has 0 bridgehead atoms. The fourth-order valence-electron chi connectivity index (χ4n) is 2.32. The van der Waals surface area contributed by atoms with E-state index in [0.717, 1.165) is 28.5 Å². The summed E-state index contributed by atoms with van der Waals surface area (Å²) in [6.07, 6.45) is 0. The highest BCUT2D eigenvalue weighted by molar-refractivity contribution is 7.99. The van der Waals surface area contributed by atoms with Gasteiger partial charge in [-0.15, -0.1) is 11.8 Å². The van der Waals surface area contributed by atoms with E-state index in [-0.39, 0.29) is 11.9 Å². The third kappa shape index (κ3) is 4.74. The minimum absolute atomic E-state index is 0.0616. The third-order valence-corrected chi connectivity index (χ3v) is 4.61. The van der Waals surface area contributed by atoms with E-state index < -0.39 is 0 Å². The lowest BCUT2D eigenvalue weighted by Gasteiger charge is -2.11. The van der Waals surface area contributed by atoms with Crippen molar-refractivity contribution in [2.45, 2.75) is 19.2 Å². The molecular formula is C18H20N2O2S. The summed E-state index contributed by atoms with van der Waals surface area (Å²) in [6, 6.07) is 17.9. The number of thioether (sulfide) groups is 1. The molecule has 1 atom stereocenters. The van der Waals surface area contributed by atoms with Crippen molar-refractivity contribution in [1.29, 1.82) is 0 Å². The number of carbonyl (C=O) groups excluding carboxylic acids is 1. The summed E-state index contributed by atoms with van der Waals surface area (Å²) >= 11 is 1.75. The molecular weight excluding hydrogens is 308 g/mol. The van der Waals surface area contributed by atoms with Crippen LogP contribution in [-0.2, 0) is 17.9 Å². The number of benzene rings is 2. The van der Waals surface area contributed by atoms with Crippen molar-refractivity contribution in [3.63, 3.8) is 0 Å². The Morgan fingerprint density at radius 3 is 2.61 bits per heavy atom. The molecule has 1 unspecified atom stereocenters. The van der Waals surface area contributed by atoms with Crippen LogP contribution >= 0.6 is 11.8 Å². The summed E-state index contributed by atoms with van der Waals surface area (Å²) in [5, 5.41) is 6.13. The van der Waals surface area contributed by atoms with Gasteiger partial charge >= 0.3 is 0 Å². The number of rotatable bonds is 6. The zero-order chi connectivity index (χ0) is 15.9. The highest BCUT2D eigenvalue weighted by Gasteiger charge is 2.21. The molecule has 0 spiro atoms. The van der Waals surface area contributed by atoms with E-state index in [9.17, 15) is 4.79 Å². The second kappa shape index (κ2) is 8.04. The SMILES string of the molecule is O=C(NCc1ccc(OCc2ccccc2)cc1)C1CSCN1. The van der Waals surface area contributed by atoms with Gasteiger partial charge in [0.15, 0.2) is 0 Å². The Kier molecular flexibility index (Phi) is 5.56. The molecule has 1 aliphatic rings. The Labute approximate surface area is 140 Å². The Hall–Kier alpha value is -1.98. The monoisotopic (exact) mass is 328 g/mol. The first kappa shape index (κ1) is 15.9. The molecule has 2 aromatic carbocycles. The van der Waals surface area contributed by atoms with Crippen molar-refractivity contribution in [3.8, 4) is 5.75 Å². The van der Waals surface area contributed by atoms with Crippen LogP contribution in [0.1, 0.15) is 11.1 Å². The van der Waals surface area contributed by atoms with Crippen molar-refractivity contribution >= 4 is 17.7 Å². The van der Waals surface area contributed by atoms with Gasteiger partial charge in [0.1, 0.15) is 12.4 Å². The molecule has 0 aromatic heterocycles. The van der Waals surface area contributed by atoms with Gasteiger partial charge in [-0.25, -0.2) is 0 Å². The van der Waals surface area contributed by atoms with Crippen molar-refractivity contribution < 1.29 is 9.53 Å². The zero-order valence-corrected chi connectivity index (χ0v) is 13.6. The normalized spacial score (nSPS) is 17.0. The van der Waals surface area contributed by atoms with E-state index in [4.69, 9.17) is 4.74 Å². The van der Waals surface area contributed by atoms with E-state index in [1.165, 1.54) is 0 Å². The maximum atomic E-state index is 11.9. The molecule has 1 heterocycles. The molecule has 3 rings (SSSR count). The maximum absolute atomic E-state index is 11.9. The number of carbonyl (C=O) groups is 1. The van der Waals surface area contributed by atoms with Crippen molar-refractivity contribution in [3.05, 3.63) is 65.7 Å². The van der Waals surface area contributed by atoms with Crippen LogP contribution < -0.4 is 15.4 Å². The van der Waals surface area contributed by atoms with Crippen LogP contribution in [0.2, 0.25) is 0 Å². The largest absolute Gasteiger partial charge is 0.489 e. The molecule has 1 saturated heterocycles. The van der Waals surface area contributed by atoms with Gasteiger partial charge in [-0.1, -0.05) is 42.5 Å². The van der Waals surface area contributed by atoms with Crippen LogP contribution in [0, 0.1) is 0 Å². The standard InChI is InChI=1S/C18H20N2O2S/c21-18(17-12-23-13-20-17)19-10-14-6-8-16(9-7-14)22-11-15-4-2-1-3-5-15/h1-9,17,20H,10-13H2,(H,19,21). The molecule has 23 heavy (non-hydrogen) atoms. The molecule has 1 amide bonds. The van der Waals surface area contributed by atoms with Gasteiger partial charge in [0.2, 0.25) is 5.91 Å². The molecule has 0 radical (unpaired) electrons. The highest BCUT2D eigenvalue weighted by Crippen LogP contribution is 2.14. The molecule has 2 aromatic rings. The maximum Gasteiger partial charge on any atom is 0.238 e. The quantitative estimate of drug-likeness (QED) is 0.856. The first-order valence-electron chi connectivity index (χ1n) is 7.66. The summed E-state index contributed by atoms with van der Waals surface area (Å²) in [5.74, 6) is 2.60. The van der Waals surface area contributed by atoms with Gasteiger partial charge in [0, 0.05) is 18.2 Å². The number of hydrogen-bond acceptors (Lipinski definition) is 4. The van der Waals surface area contributed by atoms with Crippen LogP contribution in [0.5, 0.6) is 5.75 Å². The summed E-state index contributed by atoms with van der Waals surface area (Å²) in [4.78, 5) is 11.9. The lowest BCUT2D eigenvalue weighted by atomic mass is 10.2. The van der Waals surface area contributed by atoms with Crippen LogP contribution in [0.15, 0.2) is 54.6 Å². The highest BCUT2D eigenvalue weighted by atomic mass is 32.2. The second-order valence-electron chi connectivity index (χ2n) is 5.41. The molecule has 1 aliphatic heterocycles. The fourth-order valence-corrected chi connectivity index (χ4v) is 3.26. The van der Waals surface area contributed by atoms with Gasteiger partial charge in [-0.3, -0.25) is 10.1 Å². The molecule has 1 fully saturated rings. The Bertz CT molecular complexity index is 625. The number of nitrogens with one attached hydrogen (secondary N) is 2. The van der Waals surface area contributed by atoms with E-state index in [2.05, 4.69) is 10.6 Å². The zero-order valence-electron chi connectivity index (χ0n) is 12.8. The van der Waals surface area contributed by atoms with E-state index in [1.807, 2.05) is 54.6 Å². The third-order valence-electron chi connectivity index (χ3n) is 3.67. The Balaban J connectivity index is 1.46. The van der Waals surface area contributed by atoms with Crippen LogP contribution in [0.25, 0.3) is 0 Å². The Morgan fingerprint density at radius 2 is 1.91 bits per heavy atom. The van der Waals surface area contributed by atoms with Crippen LogP contribution in [0.3, 0.4) is 0 Å². The fraction of sp³-hybridized carbons (Fsp3) is 0.278. The summed E-state index contributed by atoms with van der Waals surface area (Å²) in [6.45, 7) is 1.10. The summed E-state index contributed by atoms with van der Waals surface area (Å²) in [7, 11) is 0. The number of amides is 1. The van der Waals surface area contributed by atoms with E-state index in [0.29, 0.717) is 13.2 Å². The van der Waals surface area contributed by atoms with E-state index in [1.54, 1.807) is 11.8 Å². The predicted molar refractivity (Wildman–Crippen MR) is 93.3 cm³/mol. The minimum Gasteiger partial charge on any atom is -0.489 e. The second-order valence-corrected chi connectivity index (χ2v) is 6.44. The lowest BCUT2D eigenvalue weighted by Crippen LogP contribution is -2.41. The molecule has 5 heteroatoms. The Morgan fingerprint density at radius 1 is 1.13 bits per heavy atom. The summed E-state index contributed by atoms with van der Waals surface area (Å²) in [5.41, 5.74) is 2.21. The van der Waals surface area contributed by atoms with E-state index >= 15 is 0 Å². The average Bonchev–Trinajstić information content (AvgIpc) is 3.14. The molecule has 0 aliphatic carbocycles. The average molecular weight is 328 g/mol. The van der Waals surface area contributed by atoms with Gasteiger partial charge < -0.3 is 10.1 Å². The van der Waals surface area contributed by atoms with Crippen LogP contribution in [-0.4, -0.2) is 23.6 Å². The topological polar surface area (TPSA) is 50.4 Å². The van der Waals surface area contributed by atoms with Gasteiger partial charge in [-0.2, -0.15) is 0 Å². The minimum atomic E-state index is -0.0616. The summed E-state index contributed by atoms with van der Waals surface area (Å²) < 4.78 is 5.75. The molecule has 120 valence electrons. The van der Waals surface area contributed by atoms with Crippen molar-refractivity contribution in [2.75, 3.05) is 11.6 Å². The first-order chi connectivity index (χ1) is 11.3. The molecule has 0 saturated carbocycles. The predicted octanol–water partition coefficient (Wildman–Crippen LogP) is 2.54. The van der Waals surface area contributed by atoms with Crippen molar-refractivity contribution in [2.24, 2.45) is 0 Å². The first-order valence-corrected chi connectivity index (χ1v) is 8.81. The molecule has 2 N–H and O–H groups in total. The molecule has 4 nitrogen and oxygen atoms in total. The van der Waals surface area contributed by atoms with Gasteiger partial charge in [-0.05, 0) is 23.3 Å². The van der Waals surface area contributed by atoms with Gasteiger partial charge in [0.25, 0.3) is 0 Å².